The summed E-state index contributed by atoms with van der Waals surface area (Å²) >= 11 is 2.16. The first kappa shape index (κ1) is 29.9. The van der Waals surface area contributed by atoms with Crippen LogP contribution in [-0.4, -0.2) is 70.9 Å². The van der Waals surface area contributed by atoms with Crippen molar-refractivity contribution in [3.63, 3.8) is 0 Å². The number of hydrogen-bond acceptors (Lipinski definition) is 5. The lowest BCUT2D eigenvalue weighted by molar-refractivity contribution is -0.142. The van der Waals surface area contributed by atoms with Gasteiger partial charge in [-0.15, -0.1) is 0 Å². The van der Waals surface area contributed by atoms with E-state index < -0.39 is 35.9 Å². The van der Waals surface area contributed by atoms with E-state index in [-0.39, 0.29) is 24.8 Å². The first-order valence-electron chi connectivity index (χ1n) is 12.6. The predicted molar refractivity (Wildman–Crippen MR) is 156 cm³/mol. The molecule has 0 bridgehead atoms. The van der Waals surface area contributed by atoms with Crippen molar-refractivity contribution in [2.45, 2.75) is 50.7 Å². The van der Waals surface area contributed by atoms with Crippen LogP contribution in [0.15, 0.2) is 59.6 Å². The number of carbonyl (C=O) groups is 4. The van der Waals surface area contributed by atoms with E-state index in [1.807, 2.05) is 12.1 Å². The first-order valence-corrected chi connectivity index (χ1v) is 13.7. The van der Waals surface area contributed by atoms with Crippen molar-refractivity contribution in [1.29, 1.82) is 0 Å². The van der Waals surface area contributed by atoms with Gasteiger partial charge in [0.1, 0.15) is 18.1 Å². The molecule has 2 aromatic rings. The highest BCUT2D eigenvalue weighted by Gasteiger charge is 2.40. The van der Waals surface area contributed by atoms with Gasteiger partial charge in [-0.25, -0.2) is 4.79 Å². The highest BCUT2D eigenvalue weighted by Crippen LogP contribution is 2.26. The monoisotopic (exact) mass is 648 g/mol. The quantitative estimate of drug-likeness (QED) is 0.125. The van der Waals surface area contributed by atoms with Gasteiger partial charge < -0.3 is 26.8 Å². The lowest BCUT2D eigenvalue weighted by Gasteiger charge is -2.34. The molecular weight excluding hydrogens is 615 g/mol. The van der Waals surface area contributed by atoms with Crippen molar-refractivity contribution >= 4 is 57.9 Å². The van der Waals surface area contributed by atoms with E-state index in [2.05, 4.69) is 32.9 Å². The van der Waals surface area contributed by atoms with E-state index in [0.29, 0.717) is 37.1 Å². The maximum atomic E-state index is 14.0. The average molecular weight is 649 g/mol. The number of guanidine groups is 1. The molecule has 12 heteroatoms. The van der Waals surface area contributed by atoms with Crippen LogP contribution in [0.1, 0.15) is 43.0 Å². The van der Waals surface area contributed by atoms with Gasteiger partial charge in [-0.3, -0.25) is 24.3 Å². The Morgan fingerprint density at radius 3 is 2.41 bits per heavy atom. The normalized spacial score (nSPS) is 16.2. The largest absolute Gasteiger partial charge is 0.480 e. The number of nitrogens with zero attached hydrogens (tertiary/aromatic N) is 3. The molecule has 1 saturated heterocycles. The Balaban J connectivity index is 1.82. The third kappa shape index (κ3) is 7.91. The van der Waals surface area contributed by atoms with E-state index in [1.165, 1.54) is 4.90 Å². The predicted octanol–water partition coefficient (Wildman–Crippen LogP) is 1.94. The number of carboxylic acid groups (broad SMARTS) is 1. The van der Waals surface area contributed by atoms with Crippen LogP contribution in [0, 0.1) is 3.57 Å². The number of nitrogens with one attached hydrogen (secondary N) is 1. The van der Waals surface area contributed by atoms with Crippen molar-refractivity contribution in [3.8, 4) is 0 Å². The molecular formula is C27H33IN6O5. The van der Waals surface area contributed by atoms with Crippen molar-refractivity contribution in [2.24, 2.45) is 16.5 Å². The van der Waals surface area contributed by atoms with Crippen LogP contribution < -0.4 is 21.7 Å². The Hall–Kier alpha value is -3.68. The van der Waals surface area contributed by atoms with E-state index >= 15 is 0 Å². The minimum Gasteiger partial charge on any atom is -0.480 e. The minimum atomic E-state index is -1.21. The summed E-state index contributed by atoms with van der Waals surface area (Å²) in [6.07, 6.45) is 1.54. The number of nitrogens with two attached hydrogens (primary N) is 2. The fourth-order valence-electron chi connectivity index (χ4n) is 4.49. The van der Waals surface area contributed by atoms with Gasteiger partial charge in [-0.05, 0) is 91.6 Å². The second-order valence-electron chi connectivity index (χ2n) is 9.23. The van der Waals surface area contributed by atoms with Crippen molar-refractivity contribution in [3.05, 3.63) is 63.7 Å². The molecule has 11 nitrogen and oxygen atoms in total. The molecule has 0 saturated carbocycles. The number of benzene rings is 2. The summed E-state index contributed by atoms with van der Waals surface area (Å²) in [6.45, 7) is 2.18. The Kier molecular flexibility index (Phi) is 10.7. The van der Waals surface area contributed by atoms with E-state index in [4.69, 9.17) is 11.5 Å². The van der Waals surface area contributed by atoms with E-state index in [1.54, 1.807) is 54.3 Å². The highest BCUT2D eigenvalue weighted by atomic mass is 127. The number of aliphatic carboxylic acids is 1. The maximum absolute atomic E-state index is 14.0. The number of likely N-dealkylation sites (tertiary alicyclic amines) is 1. The number of para-hydroxylation sites is 1. The van der Waals surface area contributed by atoms with Crippen LogP contribution in [0.3, 0.4) is 0 Å². The molecule has 39 heavy (non-hydrogen) atoms. The van der Waals surface area contributed by atoms with Gasteiger partial charge in [0.15, 0.2) is 5.96 Å². The summed E-state index contributed by atoms with van der Waals surface area (Å²) in [6, 6.07) is 12.8. The molecule has 0 spiro atoms. The third-order valence-electron chi connectivity index (χ3n) is 6.49. The molecule has 1 aliphatic rings. The van der Waals surface area contributed by atoms with Gasteiger partial charge in [0.2, 0.25) is 5.91 Å². The number of anilines is 1. The van der Waals surface area contributed by atoms with Crippen LogP contribution in [0.25, 0.3) is 0 Å². The van der Waals surface area contributed by atoms with Crippen molar-refractivity contribution in [2.75, 3.05) is 18.0 Å². The van der Waals surface area contributed by atoms with E-state index in [9.17, 15) is 24.3 Å². The number of halogens is 1. The van der Waals surface area contributed by atoms with Crippen LogP contribution >= 0.6 is 22.6 Å². The van der Waals surface area contributed by atoms with Gasteiger partial charge in [0.05, 0.1) is 0 Å². The third-order valence-corrected chi connectivity index (χ3v) is 7.21. The zero-order valence-electron chi connectivity index (χ0n) is 21.6. The molecule has 0 aromatic heterocycles. The number of hydrogen-bond donors (Lipinski definition) is 4. The highest BCUT2D eigenvalue weighted by molar-refractivity contribution is 14.1. The molecule has 2 aromatic carbocycles. The number of carbonyl (C=O) groups excluding carboxylic acids is 3. The zero-order valence-corrected chi connectivity index (χ0v) is 23.8. The molecule has 1 aliphatic heterocycles. The molecule has 3 unspecified atom stereocenters. The number of aliphatic imine (C=N–C) groups is 1. The molecule has 0 radical (unpaired) electrons. The Bertz CT molecular complexity index is 1200. The molecule has 3 amide bonds. The Morgan fingerprint density at radius 2 is 1.79 bits per heavy atom. The summed E-state index contributed by atoms with van der Waals surface area (Å²) in [5, 5.41) is 12.2. The second-order valence-corrected chi connectivity index (χ2v) is 10.5. The summed E-state index contributed by atoms with van der Waals surface area (Å²) in [5.74, 6) is -2.59. The van der Waals surface area contributed by atoms with Crippen molar-refractivity contribution in [1.82, 2.24) is 10.2 Å². The van der Waals surface area contributed by atoms with Crippen LogP contribution in [-0.2, 0) is 14.4 Å². The van der Waals surface area contributed by atoms with Gasteiger partial charge in [-0.1, -0.05) is 18.2 Å². The number of carboxylic acids is 1. The fraction of sp³-hybridized carbons (Fsp3) is 0.370. The molecule has 1 heterocycles. The van der Waals surface area contributed by atoms with Gasteiger partial charge >= 0.3 is 5.97 Å². The molecule has 1 fully saturated rings. The lowest BCUT2D eigenvalue weighted by Crippen LogP contribution is -2.56. The van der Waals surface area contributed by atoms with Crippen molar-refractivity contribution < 1.29 is 24.3 Å². The first-order chi connectivity index (χ1) is 18.6. The Morgan fingerprint density at radius 1 is 1.13 bits per heavy atom. The van der Waals surface area contributed by atoms with Gasteiger partial charge in [0, 0.05) is 27.9 Å². The second kappa shape index (κ2) is 13.9. The molecule has 6 N–H and O–H groups in total. The van der Waals surface area contributed by atoms with Crippen LogP contribution in [0.5, 0.6) is 0 Å². The fourth-order valence-corrected chi connectivity index (χ4v) is 4.85. The summed E-state index contributed by atoms with van der Waals surface area (Å²) in [5.41, 5.74) is 11.6. The van der Waals surface area contributed by atoms with Crippen LogP contribution in [0.2, 0.25) is 0 Å². The summed E-state index contributed by atoms with van der Waals surface area (Å²) in [4.78, 5) is 59.1. The molecule has 208 valence electrons. The smallest absolute Gasteiger partial charge is 0.326 e. The summed E-state index contributed by atoms with van der Waals surface area (Å²) in [7, 11) is 0. The van der Waals surface area contributed by atoms with Gasteiger partial charge in [-0.2, -0.15) is 0 Å². The Labute approximate surface area is 240 Å². The topological polar surface area (TPSA) is 171 Å². The van der Waals surface area contributed by atoms with E-state index in [0.717, 1.165) is 3.57 Å². The van der Waals surface area contributed by atoms with Gasteiger partial charge in [0.25, 0.3) is 11.8 Å². The lowest BCUT2D eigenvalue weighted by atomic mass is 10.1. The average Bonchev–Trinajstić information content (AvgIpc) is 3.41. The minimum absolute atomic E-state index is 0.0991. The molecule has 3 atom stereocenters. The van der Waals surface area contributed by atoms with Crippen LogP contribution in [0.4, 0.5) is 5.69 Å². The summed E-state index contributed by atoms with van der Waals surface area (Å²) < 4.78 is 0.990. The molecule has 3 rings (SSSR count). The molecule has 0 aliphatic carbocycles. The SMILES string of the molecule is CC(C(=O)NC(CCCN=C(N)N)C(=O)O)N(C(=O)C1CCCN1C(=O)c1ccc(I)cc1)c1ccccc1. The standard InChI is InChI=1S/C27H33IN6O5/c1-17(23(35)32-21(26(38)39)9-5-15-31-27(29)30)34(20-7-3-2-4-8-20)25(37)22-10-6-16-33(22)24(36)18-11-13-19(28)14-12-18/h2-4,7-8,11-14,17,21-22H,5-6,9-10,15-16H2,1H3,(H,32,35)(H,38,39)(H4,29,30,31). The number of rotatable bonds is 11. The number of amides is 3. The zero-order chi connectivity index (χ0) is 28.5. The maximum Gasteiger partial charge on any atom is 0.326 e.